The van der Waals surface area contributed by atoms with Crippen LogP contribution in [0.5, 0.6) is 0 Å². The Hall–Kier alpha value is -3.45. The van der Waals surface area contributed by atoms with Crippen molar-refractivity contribution < 1.29 is 24.2 Å². The number of hydrogen-bond donors (Lipinski definition) is 1. The third-order valence-corrected chi connectivity index (χ3v) is 6.18. The number of likely N-dealkylation sites (N-methyl/N-ethyl adjacent to an activating group) is 1. The predicted octanol–water partition coefficient (Wildman–Crippen LogP) is 2.97. The van der Waals surface area contributed by atoms with E-state index in [1.165, 1.54) is 4.90 Å². The van der Waals surface area contributed by atoms with Crippen LogP contribution < -0.4 is 4.90 Å². The Morgan fingerprint density at radius 1 is 1.06 bits per heavy atom. The van der Waals surface area contributed by atoms with Crippen molar-refractivity contribution >= 4 is 29.0 Å². The second kappa shape index (κ2) is 8.24. The molecule has 1 atom stereocenters. The lowest BCUT2D eigenvalue weighted by Gasteiger charge is -2.34. The van der Waals surface area contributed by atoms with Crippen molar-refractivity contribution in [1.82, 2.24) is 4.90 Å². The summed E-state index contributed by atoms with van der Waals surface area (Å²) in [4.78, 5) is 43.4. The van der Waals surface area contributed by atoms with E-state index in [1.54, 1.807) is 54.5 Å². The molecule has 2 aliphatic rings. The van der Waals surface area contributed by atoms with Gasteiger partial charge >= 0.3 is 0 Å². The fourth-order valence-corrected chi connectivity index (χ4v) is 4.70. The Labute approximate surface area is 186 Å². The van der Waals surface area contributed by atoms with E-state index >= 15 is 0 Å². The lowest BCUT2D eigenvalue weighted by molar-refractivity contribution is -0.143. The Bertz CT molecular complexity index is 1120. The number of benzene rings is 2. The number of aryl methyl sites for hydroxylation is 1. The van der Waals surface area contributed by atoms with Gasteiger partial charge in [-0.3, -0.25) is 14.4 Å². The zero-order chi connectivity index (χ0) is 23.0. The van der Waals surface area contributed by atoms with Gasteiger partial charge in [-0.25, -0.2) is 0 Å². The number of methoxy groups -OCH3 is 1. The molecule has 1 saturated heterocycles. The Balaban J connectivity index is 2.02. The van der Waals surface area contributed by atoms with Crippen LogP contribution in [0.4, 0.5) is 5.69 Å². The molecule has 166 valence electrons. The van der Waals surface area contributed by atoms with Gasteiger partial charge in [0.05, 0.1) is 11.3 Å². The van der Waals surface area contributed by atoms with Crippen LogP contribution in [0.2, 0.25) is 0 Å². The highest BCUT2D eigenvalue weighted by molar-refractivity contribution is 6.50. The molecule has 2 aromatic rings. The lowest BCUT2D eigenvalue weighted by atomic mass is 9.81. The van der Waals surface area contributed by atoms with Crippen molar-refractivity contribution in [2.45, 2.75) is 25.8 Å². The quantitative estimate of drug-likeness (QED) is 0.327. The molecule has 0 saturated carbocycles. The molecule has 1 spiro atoms. The standard InChI is InChI=1S/C25H26N2O5/c1-4-26-19-9-6-5-8-18(19)25(24(26)31)20(21(28)17-12-10-16(2)11-13-17)22(29)23(30)27(25)14-7-15-32-3/h5-6,8-13,28H,4,7,14-15H2,1-3H3. The molecule has 4 rings (SSSR count). The molecule has 1 fully saturated rings. The molecule has 1 unspecified atom stereocenters. The number of Topliss-reactive ketones (excluding diaryl/α,β-unsaturated/α-hetero) is 1. The van der Waals surface area contributed by atoms with Gasteiger partial charge in [0.15, 0.2) is 5.54 Å². The number of rotatable bonds is 6. The van der Waals surface area contributed by atoms with Crippen LogP contribution in [0.1, 0.15) is 30.0 Å². The number of carbonyl (C=O) groups excluding carboxylic acids is 3. The smallest absolute Gasteiger partial charge is 0.296 e. The van der Waals surface area contributed by atoms with Crippen LogP contribution in [-0.4, -0.2) is 54.4 Å². The molecule has 2 aromatic carbocycles. The Morgan fingerprint density at radius 3 is 2.41 bits per heavy atom. The van der Waals surface area contributed by atoms with Crippen LogP contribution in [0.15, 0.2) is 54.1 Å². The van der Waals surface area contributed by atoms with Crippen LogP contribution >= 0.6 is 0 Å². The van der Waals surface area contributed by atoms with E-state index in [2.05, 4.69) is 0 Å². The van der Waals surface area contributed by atoms with Crippen molar-refractivity contribution in [3.63, 3.8) is 0 Å². The lowest BCUT2D eigenvalue weighted by Crippen LogP contribution is -2.52. The summed E-state index contributed by atoms with van der Waals surface area (Å²) in [5.74, 6) is -2.41. The first-order valence-corrected chi connectivity index (χ1v) is 10.7. The van der Waals surface area contributed by atoms with Gasteiger partial charge in [0, 0.05) is 37.9 Å². The average Bonchev–Trinajstić information content (AvgIpc) is 3.17. The van der Waals surface area contributed by atoms with E-state index in [4.69, 9.17) is 4.74 Å². The van der Waals surface area contributed by atoms with E-state index in [1.807, 2.05) is 19.9 Å². The van der Waals surface area contributed by atoms with Gasteiger partial charge in [-0.15, -0.1) is 0 Å². The summed E-state index contributed by atoms with van der Waals surface area (Å²) in [6.07, 6.45) is 0.442. The number of nitrogens with zero attached hydrogens (tertiary/aromatic N) is 2. The Morgan fingerprint density at radius 2 is 1.75 bits per heavy atom. The first-order chi connectivity index (χ1) is 15.4. The second-order valence-corrected chi connectivity index (χ2v) is 8.00. The summed E-state index contributed by atoms with van der Waals surface area (Å²) < 4.78 is 5.13. The van der Waals surface area contributed by atoms with Gasteiger partial charge in [0.1, 0.15) is 5.76 Å². The number of anilines is 1. The number of ether oxygens (including phenoxy) is 1. The van der Waals surface area contributed by atoms with Gasteiger partial charge in [0.25, 0.3) is 17.6 Å². The molecule has 2 aliphatic heterocycles. The molecule has 32 heavy (non-hydrogen) atoms. The number of likely N-dealkylation sites (tertiary alicyclic amines) is 1. The molecule has 2 amide bonds. The Kier molecular flexibility index (Phi) is 5.60. The summed E-state index contributed by atoms with van der Waals surface area (Å²) in [5, 5.41) is 11.3. The van der Waals surface area contributed by atoms with Crippen molar-refractivity contribution in [1.29, 1.82) is 0 Å². The minimum absolute atomic E-state index is 0.140. The maximum atomic E-state index is 14.0. The van der Waals surface area contributed by atoms with E-state index < -0.39 is 23.1 Å². The maximum absolute atomic E-state index is 14.0. The van der Waals surface area contributed by atoms with Crippen molar-refractivity contribution in [2.24, 2.45) is 0 Å². The number of hydrogen-bond acceptors (Lipinski definition) is 5. The number of amides is 2. The summed E-state index contributed by atoms with van der Waals surface area (Å²) >= 11 is 0. The third-order valence-electron chi connectivity index (χ3n) is 6.18. The normalized spacial score (nSPS) is 21.7. The fraction of sp³-hybridized carbons (Fsp3) is 0.320. The van der Waals surface area contributed by atoms with Crippen LogP contribution in [0, 0.1) is 6.92 Å². The van der Waals surface area contributed by atoms with E-state index in [-0.39, 0.29) is 17.9 Å². The molecule has 7 nitrogen and oxygen atoms in total. The molecular weight excluding hydrogens is 408 g/mol. The number of carbonyl (C=O) groups is 3. The largest absolute Gasteiger partial charge is 0.507 e. The highest BCUT2D eigenvalue weighted by Gasteiger charge is 2.66. The van der Waals surface area contributed by atoms with Gasteiger partial charge in [-0.2, -0.15) is 0 Å². The summed E-state index contributed by atoms with van der Waals surface area (Å²) in [6.45, 7) is 4.62. The molecule has 0 radical (unpaired) electrons. The molecule has 1 N–H and O–H groups in total. The topological polar surface area (TPSA) is 87.2 Å². The van der Waals surface area contributed by atoms with E-state index in [0.717, 1.165) is 5.56 Å². The fourth-order valence-electron chi connectivity index (χ4n) is 4.70. The maximum Gasteiger partial charge on any atom is 0.296 e. The molecule has 0 aromatic heterocycles. The molecular formula is C25H26N2O5. The summed E-state index contributed by atoms with van der Waals surface area (Å²) in [7, 11) is 1.55. The zero-order valence-corrected chi connectivity index (χ0v) is 18.4. The monoisotopic (exact) mass is 434 g/mol. The summed E-state index contributed by atoms with van der Waals surface area (Å²) in [5.41, 5.74) is 0.632. The summed E-state index contributed by atoms with van der Waals surface area (Å²) in [6, 6.07) is 14.1. The first-order valence-electron chi connectivity index (χ1n) is 10.7. The minimum atomic E-state index is -1.70. The second-order valence-electron chi connectivity index (χ2n) is 8.00. The highest BCUT2D eigenvalue weighted by Crippen LogP contribution is 2.53. The number of ketones is 1. The SMILES string of the molecule is CCN1C(=O)C2(C(=C(O)c3ccc(C)cc3)C(=O)C(=O)N2CCCOC)c2ccccc21. The van der Waals surface area contributed by atoms with E-state index in [0.29, 0.717) is 36.4 Å². The predicted molar refractivity (Wildman–Crippen MR) is 120 cm³/mol. The van der Waals surface area contributed by atoms with Crippen LogP contribution in [0.3, 0.4) is 0 Å². The van der Waals surface area contributed by atoms with Crippen LogP contribution in [-0.2, 0) is 24.7 Å². The van der Waals surface area contributed by atoms with E-state index in [9.17, 15) is 19.5 Å². The number of aliphatic hydroxyl groups is 1. The highest BCUT2D eigenvalue weighted by atomic mass is 16.5. The van der Waals surface area contributed by atoms with Crippen molar-refractivity contribution in [3.8, 4) is 0 Å². The molecule has 2 heterocycles. The van der Waals surface area contributed by atoms with Gasteiger partial charge in [-0.05, 0) is 26.3 Å². The van der Waals surface area contributed by atoms with Crippen LogP contribution in [0.25, 0.3) is 5.76 Å². The first kappa shape index (κ1) is 21.8. The van der Waals surface area contributed by atoms with Gasteiger partial charge in [0.2, 0.25) is 0 Å². The molecule has 7 heteroatoms. The van der Waals surface area contributed by atoms with Crippen molar-refractivity contribution in [2.75, 3.05) is 31.7 Å². The average molecular weight is 434 g/mol. The number of aliphatic hydroxyl groups excluding tert-OH is 1. The minimum Gasteiger partial charge on any atom is -0.507 e. The van der Waals surface area contributed by atoms with Gasteiger partial charge < -0.3 is 19.6 Å². The molecule has 0 aliphatic carbocycles. The number of fused-ring (bicyclic) bond motifs is 2. The third kappa shape index (κ3) is 2.96. The molecule has 0 bridgehead atoms. The zero-order valence-electron chi connectivity index (χ0n) is 18.4. The van der Waals surface area contributed by atoms with Crippen molar-refractivity contribution in [3.05, 3.63) is 70.8 Å². The number of para-hydroxylation sites is 1. The van der Waals surface area contributed by atoms with Gasteiger partial charge in [-0.1, -0.05) is 48.0 Å².